The molecule has 0 bridgehead atoms. The SMILES string of the molecule is N=C1C(=O)N(C(F)(F)F)C(=O)N1C(F)(F)F. The van der Waals surface area contributed by atoms with Gasteiger partial charge in [-0.2, -0.15) is 9.80 Å². The van der Waals surface area contributed by atoms with Gasteiger partial charge in [0.15, 0.2) is 0 Å². The summed E-state index contributed by atoms with van der Waals surface area (Å²) < 4.78 is 72.0. The molecule has 1 N–H and O–H groups in total. The third-order valence-electron chi connectivity index (χ3n) is 1.52. The van der Waals surface area contributed by atoms with E-state index < -0.39 is 40.2 Å². The molecule has 1 rings (SSSR count). The van der Waals surface area contributed by atoms with Crippen LogP contribution in [0, 0.1) is 5.41 Å². The molecule has 0 aromatic carbocycles. The number of halogens is 6. The highest BCUT2D eigenvalue weighted by molar-refractivity contribution is 6.46. The first kappa shape index (κ1) is 12.3. The number of amidine groups is 1. The molecule has 0 aromatic heterocycles. The highest BCUT2D eigenvalue weighted by Crippen LogP contribution is 2.33. The summed E-state index contributed by atoms with van der Waals surface area (Å²) in [6, 6.07) is -2.66. The molecular formula is C5HF6N3O2. The molecule has 16 heavy (non-hydrogen) atoms. The summed E-state index contributed by atoms with van der Waals surface area (Å²) in [5.74, 6) is -4.45. The number of amides is 3. The van der Waals surface area contributed by atoms with E-state index in [1.54, 1.807) is 0 Å². The fourth-order valence-corrected chi connectivity index (χ4v) is 0.943. The minimum Gasteiger partial charge on any atom is -0.279 e. The number of alkyl halides is 6. The Balaban J connectivity index is 3.20. The van der Waals surface area contributed by atoms with Gasteiger partial charge in [-0.05, 0) is 0 Å². The number of carbonyl (C=O) groups excluding carboxylic acids is 2. The second-order valence-corrected chi connectivity index (χ2v) is 2.54. The molecule has 0 unspecified atom stereocenters. The average Bonchev–Trinajstić information content (AvgIpc) is 2.19. The number of carbonyl (C=O) groups is 2. The van der Waals surface area contributed by atoms with Crippen LogP contribution in [0.15, 0.2) is 0 Å². The van der Waals surface area contributed by atoms with Crippen molar-refractivity contribution in [2.45, 2.75) is 12.6 Å². The van der Waals surface area contributed by atoms with E-state index in [0.29, 0.717) is 0 Å². The summed E-state index contributed by atoms with van der Waals surface area (Å²) in [4.78, 5) is 18.2. The maximum atomic E-state index is 12.0. The van der Waals surface area contributed by atoms with E-state index in [9.17, 15) is 35.9 Å². The lowest BCUT2D eigenvalue weighted by Gasteiger charge is -2.19. The molecule has 1 fully saturated rings. The maximum Gasteiger partial charge on any atom is 0.495 e. The Morgan fingerprint density at radius 3 is 1.44 bits per heavy atom. The molecule has 1 saturated heterocycles. The first-order valence-corrected chi connectivity index (χ1v) is 3.38. The first-order chi connectivity index (χ1) is 6.98. The number of hydrogen-bond donors (Lipinski definition) is 1. The van der Waals surface area contributed by atoms with Gasteiger partial charge in [0.25, 0.3) is 0 Å². The minimum absolute atomic E-state index is 1.48. The molecule has 0 radical (unpaired) electrons. The van der Waals surface area contributed by atoms with Gasteiger partial charge in [0.1, 0.15) is 0 Å². The average molecular weight is 249 g/mol. The van der Waals surface area contributed by atoms with Crippen molar-refractivity contribution in [1.29, 1.82) is 5.41 Å². The topological polar surface area (TPSA) is 64.5 Å². The molecule has 0 aromatic rings. The van der Waals surface area contributed by atoms with Crippen LogP contribution in [0.5, 0.6) is 0 Å². The summed E-state index contributed by atoms with van der Waals surface area (Å²) in [6.45, 7) is 0. The third-order valence-corrected chi connectivity index (χ3v) is 1.52. The Bertz CT molecular complexity index is 337. The highest BCUT2D eigenvalue weighted by atomic mass is 19.4. The minimum atomic E-state index is -5.60. The van der Waals surface area contributed by atoms with Crippen molar-refractivity contribution in [2.24, 2.45) is 0 Å². The van der Waals surface area contributed by atoms with E-state index in [-0.39, 0.29) is 0 Å². The lowest BCUT2D eigenvalue weighted by atomic mass is 10.5. The molecule has 1 heterocycles. The molecule has 3 amide bonds. The normalized spacial score (nSPS) is 18.8. The molecule has 0 aliphatic carbocycles. The Morgan fingerprint density at radius 1 is 0.875 bits per heavy atom. The Hall–Kier alpha value is -1.81. The van der Waals surface area contributed by atoms with Crippen molar-refractivity contribution in [2.75, 3.05) is 0 Å². The number of rotatable bonds is 0. The van der Waals surface area contributed by atoms with Crippen molar-refractivity contribution in [1.82, 2.24) is 9.80 Å². The van der Waals surface area contributed by atoms with Crippen molar-refractivity contribution >= 4 is 17.8 Å². The van der Waals surface area contributed by atoms with Crippen LogP contribution in [-0.4, -0.2) is 40.2 Å². The summed E-state index contributed by atoms with van der Waals surface area (Å²) in [5.41, 5.74) is 0. The van der Waals surface area contributed by atoms with E-state index >= 15 is 0 Å². The van der Waals surface area contributed by atoms with Crippen molar-refractivity contribution in [3.05, 3.63) is 0 Å². The van der Waals surface area contributed by atoms with Crippen molar-refractivity contribution < 1.29 is 35.9 Å². The van der Waals surface area contributed by atoms with E-state index in [1.807, 2.05) is 0 Å². The number of imide groups is 1. The summed E-state index contributed by atoms with van der Waals surface area (Å²) >= 11 is 0. The van der Waals surface area contributed by atoms with Gasteiger partial charge in [0.05, 0.1) is 0 Å². The van der Waals surface area contributed by atoms with Crippen LogP contribution in [0.25, 0.3) is 0 Å². The number of nitrogens with zero attached hydrogens (tertiary/aromatic N) is 2. The number of urea groups is 1. The molecule has 11 heteroatoms. The maximum absolute atomic E-state index is 12.0. The predicted molar refractivity (Wildman–Crippen MR) is 33.9 cm³/mol. The predicted octanol–water partition coefficient (Wildman–Crippen LogP) is 1.27. The van der Waals surface area contributed by atoms with Crippen LogP contribution < -0.4 is 0 Å². The van der Waals surface area contributed by atoms with Crippen LogP contribution in [0.1, 0.15) is 0 Å². The van der Waals surface area contributed by atoms with E-state index in [0.717, 1.165) is 0 Å². The summed E-state index contributed by atoms with van der Waals surface area (Å²) in [7, 11) is 0. The fourth-order valence-electron chi connectivity index (χ4n) is 0.943. The molecule has 0 saturated carbocycles. The van der Waals surface area contributed by atoms with Crippen LogP contribution in [0.3, 0.4) is 0 Å². The van der Waals surface area contributed by atoms with Gasteiger partial charge in [-0.1, -0.05) is 0 Å². The number of hydrogen-bond acceptors (Lipinski definition) is 3. The van der Waals surface area contributed by atoms with Crippen LogP contribution in [0.4, 0.5) is 31.1 Å². The van der Waals surface area contributed by atoms with Gasteiger partial charge >= 0.3 is 24.5 Å². The van der Waals surface area contributed by atoms with Gasteiger partial charge < -0.3 is 0 Å². The lowest BCUT2D eigenvalue weighted by molar-refractivity contribution is -0.226. The largest absolute Gasteiger partial charge is 0.495 e. The zero-order chi connectivity index (χ0) is 12.9. The van der Waals surface area contributed by atoms with Gasteiger partial charge in [-0.25, -0.2) is 4.79 Å². The van der Waals surface area contributed by atoms with Gasteiger partial charge in [-0.3, -0.25) is 10.2 Å². The van der Waals surface area contributed by atoms with E-state index in [4.69, 9.17) is 5.41 Å². The van der Waals surface area contributed by atoms with Gasteiger partial charge in [-0.15, -0.1) is 26.3 Å². The van der Waals surface area contributed by atoms with Gasteiger partial charge in [0.2, 0.25) is 5.84 Å². The Kier molecular flexibility index (Phi) is 2.37. The third kappa shape index (κ3) is 1.67. The second kappa shape index (κ2) is 3.09. The molecule has 0 spiro atoms. The highest BCUT2D eigenvalue weighted by Gasteiger charge is 2.62. The monoisotopic (exact) mass is 249 g/mol. The molecule has 5 nitrogen and oxygen atoms in total. The lowest BCUT2D eigenvalue weighted by Crippen LogP contribution is -2.46. The Labute approximate surface area is 82.7 Å². The zero-order valence-corrected chi connectivity index (χ0v) is 6.98. The second-order valence-electron chi connectivity index (χ2n) is 2.54. The molecule has 0 atom stereocenters. The standard InChI is InChI=1S/C5HF6N3O2/c6-4(7,8)13-1(12)2(15)14(3(13)16)5(9,10)11/h12H. The molecule has 90 valence electrons. The van der Waals surface area contributed by atoms with Gasteiger partial charge in [0, 0.05) is 0 Å². The fraction of sp³-hybridized carbons (Fsp3) is 0.400. The van der Waals surface area contributed by atoms with E-state index in [2.05, 4.69) is 0 Å². The molecule has 1 aliphatic heterocycles. The molecule has 1 aliphatic rings. The smallest absolute Gasteiger partial charge is 0.279 e. The van der Waals surface area contributed by atoms with E-state index in [1.165, 1.54) is 0 Å². The first-order valence-electron chi connectivity index (χ1n) is 3.38. The summed E-state index contributed by atoms with van der Waals surface area (Å²) in [6.07, 6.45) is -11.1. The quantitative estimate of drug-likeness (QED) is 0.399. The van der Waals surface area contributed by atoms with Crippen LogP contribution in [0.2, 0.25) is 0 Å². The van der Waals surface area contributed by atoms with Crippen molar-refractivity contribution in [3.8, 4) is 0 Å². The van der Waals surface area contributed by atoms with Crippen molar-refractivity contribution in [3.63, 3.8) is 0 Å². The summed E-state index contributed by atoms with van der Waals surface area (Å²) in [5, 5.41) is 6.50. The van der Waals surface area contributed by atoms with Crippen LogP contribution >= 0.6 is 0 Å². The van der Waals surface area contributed by atoms with Crippen LogP contribution in [-0.2, 0) is 4.79 Å². The Morgan fingerprint density at radius 2 is 1.25 bits per heavy atom. The molecular weight excluding hydrogens is 248 g/mol. The number of nitrogens with one attached hydrogen (secondary N) is 1. The zero-order valence-electron chi connectivity index (χ0n) is 6.98.